The molecule has 5 aromatic rings. The number of ether oxygens (including phenoxy) is 2. The number of carbonyl (C=O) groups is 1. The van der Waals surface area contributed by atoms with Crippen molar-refractivity contribution >= 4 is 55.4 Å². The van der Waals surface area contributed by atoms with E-state index < -0.39 is 48.7 Å². The number of nitro groups is 1. The van der Waals surface area contributed by atoms with Crippen molar-refractivity contribution in [2.45, 2.75) is 145 Å². The van der Waals surface area contributed by atoms with Crippen LogP contribution in [-0.4, -0.2) is 113 Å². The summed E-state index contributed by atoms with van der Waals surface area (Å²) >= 11 is 0. The van der Waals surface area contributed by atoms with Crippen LogP contribution in [0.4, 0.5) is 28.4 Å². The average molecular weight is 1030 g/mol. The number of anilines is 4. The van der Waals surface area contributed by atoms with Gasteiger partial charge in [0, 0.05) is 68.2 Å². The lowest BCUT2D eigenvalue weighted by Gasteiger charge is -2.58. The van der Waals surface area contributed by atoms with Gasteiger partial charge in [-0.1, -0.05) is 38.1 Å². The fourth-order valence-electron chi connectivity index (χ4n) is 13.1. The van der Waals surface area contributed by atoms with Gasteiger partial charge in [-0.2, -0.15) is 4.98 Å². The van der Waals surface area contributed by atoms with Crippen molar-refractivity contribution in [2.75, 3.05) is 54.5 Å². The lowest BCUT2D eigenvalue weighted by molar-refractivity contribution is -0.384. The number of amides is 1. The monoisotopic (exact) mass is 1030 g/mol. The number of aliphatic hydroxyl groups is 2. The summed E-state index contributed by atoms with van der Waals surface area (Å²) in [4.78, 5) is 41.2. The Hall–Kier alpha value is -5.79. The zero-order valence-corrected chi connectivity index (χ0v) is 43.7. The maximum atomic E-state index is 14.7. The number of sulfonamides is 1. The second-order valence-electron chi connectivity index (χ2n) is 23.1. The minimum absolute atomic E-state index is 0.105. The number of nitrogens with zero attached hydrogens (tertiary/aromatic N) is 5. The summed E-state index contributed by atoms with van der Waals surface area (Å²) in [7, 11) is -4.63. The van der Waals surface area contributed by atoms with E-state index in [9.17, 15) is 33.5 Å². The summed E-state index contributed by atoms with van der Waals surface area (Å²) in [5, 5.41) is 38.1. The third-order valence-corrected chi connectivity index (χ3v) is 18.8. The van der Waals surface area contributed by atoms with E-state index in [-0.39, 0.29) is 34.7 Å². The molecule has 394 valence electrons. The van der Waals surface area contributed by atoms with Gasteiger partial charge in [0.05, 0.1) is 44.9 Å². The smallest absolute Gasteiger partial charge is 0.293 e. The normalized spacial score (nSPS) is 27.3. The Morgan fingerprint density at radius 1 is 0.919 bits per heavy atom. The van der Waals surface area contributed by atoms with E-state index in [0.717, 1.165) is 81.7 Å². The van der Waals surface area contributed by atoms with Crippen LogP contribution in [0, 0.1) is 21.4 Å². The van der Waals surface area contributed by atoms with Crippen molar-refractivity contribution in [2.24, 2.45) is 11.3 Å². The summed E-state index contributed by atoms with van der Waals surface area (Å²) < 4.78 is 43.1. The molecule has 11 rings (SSSR count). The highest BCUT2D eigenvalue weighted by Crippen LogP contribution is 2.55. The van der Waals surface area contributed by atoms with Gasteiger partial charge in [0.1, 0.15) is 23.1 Å². The van der Waals surface area contributed by atoms with Crippen LogP contribution in [0.3, 0.4) is 0 Å². The second kappa shape index (κ2) is 19.4. The quantitative estimate of drug-likeness (QED) is 0.0582. The molecule has 2 aliphatic carbocycles. The molecule has 0 bridgehead atoms. The average Bonchev–Trinajstić information content (AvgIpc) is 3.83. The molecule has 3 aromatic carbocycles. The van der Waals surface area contributed by atoms with Gasteiger partial charge in [-0.3, -0.25) is 19.8 Å². The van der Waals surface area contributed by atoms with Gasteiger partial charge >= 0.3 is 0 Å². The fraction of sp³-hybridized carbons (Fsp3) is 0.536. The van der Waals surface area contributed by atoms with E-state index in [1.807, 2.05) is 38.1 Å². The maximum absolute atomic E-state index is 14.7. The van der Waals surface area contributed by atoms with Gasteiger partial charge < -0.3 is 39.8 Å². The number of rotatable bonds is 12. The van der Waals surface area contributed by atoms with Gasteiger partial charge in [-0.15, -0.1) is 0 Å². The molecular formula is C56H70N8O9S. The molecule has 4 atom stereocenters. The number of piperidine rings is 2. The van der Waals surface area contributed by atoms with Crippen LogP contribution in [0.5, 0.6) is 5.88 Å². The predicted octanol–water partition coefficient (Wildman–Crippen LogP) is 9.09. The van der Waals surface area contributed by atoms with Crippen molar-refractivity contribution in [1.82, 2.24) is 19.6 Å². The summed E-state index contributed by atoms with van der Waals surface area (Å²) in [6, 6.07) is 22.1. The Labute approximate surface area is 433 Å². The molecule has 4 aliphatic heterocycles. The van der Waals surface area contributed by atoms with Crippen LogP contribution in [0.15, 0.2) is 83.9 Å². The summed E-state index contributed by atoms with van der Waals surface area (Å²) in [6.07, 6.45) is 10.4. The molecule has 18 heteroatoms. The van der Waals surface area contributed by atoms with Crippen molar-refractivity contribution in [3.05, 3.63) is 106 Å². The van der Waals surface area contributed by atoms with Crippen molar-refractivity contribution in [1.29, 1.82) is 0 Å². The fourth-order valence-corrected chi connectivity index (χ4v) is 14.1. The molecule has 6 aliphatic rings. The standard InChI is InChI=1S/C56H70N8O9S/c1-35(2)41-7-5-6-8-42(41)49-32-55(4,67)19-25-62(49)39-30-56(31-39)20-23-61(24-21-56)38-9-11-43(46(28-38)63-45-16-26-72-34-50(45)73-53-48(63)27-37-15-22-57-51(37)59-53)52(65)60-74(70,71)40-10-12-44(47(29-40)64(68)69)58-33-36-13-17-54(3,66)18-14-36/h5-12,15,22,27-29,35-36,39,45,49-50,58,66-67H,13-14,16-21,23-26,30-34H2,1-4H3,(H,57,59)(H,60,65)/t36?,45-,49+,50-,54?,55-/m0/s1. The van der Waals surface area contributed by atoms with Gasteiger partial charge in [0.15, 0.2) is 0 Å². The number of nitro benzene ring substituents is 1. The number of aromatic nitrogens is 2. The number of benzene rings is 3. The van der Waals surface area contributed by atoms with E-state index in [0.29, 0.717) is 80.3 Å². The first kappa shape index (κ1) is 50.4. The number of nitrogens with one attached hydrogen (secondary N) is 3. The van der Waals surface area contributed by atoms with E-state index in [1.165, 1.54) is 23.3 Å². The Morgan fingerprint density at radius 3 is 2.45 bits per heavy atom. The van der Waals surface area contributed by atoms with Crippen LogP contribution in [0.25, 0.3) is 11.0 Å². The molecule has 3 saturated heterocycles. The number of aromatic amines is 1. The Bertz CT molecular complexity index is 3040. The largest absolute Gasteiger partial charge is 0.468 e. The lowest BCUT2D eigenvalue weighted by atomic mass is 9.59. The van der Waals surface area contributed by atoms with Crippen molar-refractivity contribution < 1.29 is 37.8 Å². The first-order valence-electron chi connectivity index (χ1n) is 26.6. The molecule has 0 unspecified atom stereocenters. The van der Waals surface area contributed by atoms with Crippen molar-refractivity contribution in [3.63, 3.8) is 0 Å². The highest BCUT2D eigenvalue weighted by atomic mass is 32.2. The van der Waals surface area contributed by atoms with Crippen LogP contribution >= 0.6 is 0 Å². The molecule has 2 aromatic heterocycles. The summed E-state index contributed by atoms with van der Waals surface area (Å²) in [5.74, 6) is 0.0492. The van der Waals surface area contributed by atoms with E-state index >= 15 is 0 Å². The van der Waals surface area contributed by atoms with Crippen LogP contribution in [-0.2, 0) is 14.8 Å². The Morgan fingerprint density at radius 2 is 1.69 bits per heavy atom. The minimum atomic E-state index is -4.63. The number of likely N-dealkylation sites (tertiary alicyclic amines) is 1. The Balaban J connectivity index is 0.865. The molecule has 0 radical (unpaired) electrons. The first-order valence-corrected chi connectivity index (χ1v) is 28.1. The highest BCUT2D eigenvalue weighted by Gasteiger charge is 2.51. The molecule has 6 heterocycles. The van der Waals surface area contributed by atoms with Gasteiger partial charge in [-0.05, 0) is 155 Å². The third kappa shape index (κ3) is 9.83. The Kier molecular flexibility index (Phi) is 13.2. The van der Waals surface area contributed by atoms with Crippen LogP contribution in [0.1, 0.15) is 132 Å². The molecule has 1 spiro atoms. The number of fused-ring (bicyclic) bond motifs is 3. The third-order valence-electron chi connectivity index (χ3n) is 17.5. The van der Waals surface area contributed by atoms with E-state index in [4.69, 9.17) is 14.5 Å². The summed E-state index contributed by atoms with van der Waals surface area (Å²) in [6.45, 7) is 11.9. The maximum Gasteiger partial charge on any atom is 0.293 e. The zero-order valence-electron chi connectivity index (χ0n) is 42.9. The lowest BCUT2D eigenvalue weighted by Crippen LogP contribution is -2.58. The SMILES string of the molecule is CC(C)c1ccccc1[C@H]1C[C@@](C)(O)CCN1C1CC2(CCN(c3ccc(C(=O)NS(=O)(=O)c4ccc(NCC5CCC(C)(O)CC5)c([N+](=O)[O-])c4)c(N4c5cc6cc[nH]c6nc5O[C@H]5COCC[C@@H]54)c3)CC2)C1. The second-order valence-corrected chi connectivity index (χ2v) is 24.8. The van der Waals surface area contributed by atoms with Crippen LogP contribution < -0.4 is 24.6 Å². The number of hydrogen-bond donors (Lipinski definition) is 5. The zero-order chi connectivity index (χ0) is 51.7. The number of hydrogen-bond acceptors (Lipinski definition) is 14. The molecule has 5 fully saturated rings. The predicted molar refractivity (Wildman–Crippen MR) is 284 cm³/mol. The minimum Gasteiger partial charge on any atom is -0.468 e. The molecular weight excluding hydrogens is 961 g/mol. The topological polar surface area (TPSA) is 216 Å². The van der Waals surface area contributed by atoms with E-state index in [2.05, 4.69) is 67.8 Å². The molecule has 2 saturated carbocycles. The van der Waals surface area contributed by atoms with E-state index in [1.54, 1.807) is 12.3 Å². The summed E-state index contributed by atoms with van der Waals surface area (Å²) in [5.41, 5.74) is 3.97. The van der Waals surface area contributed by atoms with Crippen molar-refractivity contribution in [3.8, 4) is 5.88 Å². The highest BCUT2D eigenvalue weighted by molar-refractivity contribution is 7.90. The molecule has 74 heavy (non-hydrogen) atoms. The van der Waals surface area contributed by atoms with Gasteiger partial charge in [-0.25, -0.2) is 13.1 Å². The number of H-pyrrole nitrogens is 1. The van der Waals surface area contributed by atoms with Gasteiger partial charge in [0.2, 0.25) is 5.88 Å². The molecule has 17 nitrogen and oxygen atoms in total. The molecule has 1 amide bonds. The van der Waals surface area contributed by atoms with Gasteiger partial charge in [0.25, 0.3) is 21.6 Å². The number of pyridine rings is 1. The number of carbonyl (C=O) groups excluding carboxylic acids is 1. The molecule has 5 N–H and O–H groups in total. The first-order chi connectivity index (χ1) is 35.3. The van der Waals surface area contributed by atoms with Crippen LogP contribution in [0.2, 0.25) is 0 Å².